The van der Waals surface area contributed by atoms with E-state index in [0.717, 1.165) is 36.8 Å². The van der Waals surface area contributed by atoms with Crippen molar-refractivity contribution in [3.05, 3.63) is 96.7 Å². The Hall–Kier alpha value is -2.50. The van der Waals surface area contributed by atoms with Crippen LogP contribution in [0.25, 0.3) is 0 Å². The van der Waals surface area contributed by atoms with E-state index in [-0.39, 0.29) is 24.4 Å². The van der Waals surface area contributed by atoms with Crippen molar-refractivity contribution in [2.45, 2.75) is 84.3 Å². The van der Waals surface area contributed by atoms with E-state index in [1.807, 2.05) is 55.5 Å². The Morgan fingerprint density at radius 1 is 1.16 bits per heavy atom. The van der Waals surface area contributed by atoms with Crippen molar-refractivity contribution >= 4 is 13.8 Å². The van der Waals surface area contributed by atoms with Crippen molar-refractivity contribution in [3.8, 4) is 0 Å². The number of hydrogen-bond donors (Lipinski definition) is 2. The minimum absolute atomic E-state index is 0.160. The van der Waals surface area contributed by atoms with Crippen LogP contribution in [0.15, 0.2) is 96.7 Å². The monoisotopic (exact) mass is 544 g/mol. The van der Waals surface area contributed by atoms with Gasteiger partial charge in [0.25, 0.3) is 0 Å². The second-order valence-electron chi connectivity index (χ2n) is 9.70. The Labute approximate surface area is 229 Å². The van der Waals surface area contributed by atoms with Crippen molar-refractivity contribution in [3.63, 3.8) is 0 Å². The Morgan fingerprint density at radius 2 is 1.84 bits per heavy atom. The van der Waals surface area contributed by atoms with Crippen LogP contribution in [0.3, 0.4) is 0 Å². The highest BCUT2D eigenvalue weighted by Gasteiger charge is 2.23. The molecular weight excluding hydrogens is 499 g/mol. The molecule has 0 saturated carbocycles. The molecule has 0 amide bonds. The Balaban J connectivity index is 3.11. The van der Waals surface area contributed by atoms with Crippen LogP contribution >= 0.6 is 7.82 Å². The van der Waals surface area contributed by atoms with E-state index in [9.17, 15) is 19.1 Å². The third-order valence-electron chi connectivity index (χ3n) is 6.23. The number of cyclic esters (lactones) is 1. The zero-order valence-corrected chi connectivity index (χ0v) is 24.0. The third-order valence-corrected chi connectivity index (χ3v) is 6.76. The molecule has 0 bridgehead atoms. The van der Waals surface area contributed by atoms with Gasteiger partial charge in [-0.2, -0.15) is 0 Å². The van der Waals surface area contributed by atoms with E-state index in [4.69, 9.17) is 9.26 Å². The summed E-state index contributed by atoms with van der Waals surface area (Å²) in [5.41, 5.74) is 2.71. The van der Waals surface area contributed by atoms with Crippen LogP contribution in [0.1, 0.15) is 72.1 Å². The van der Waals surface area contributed by atoms with Gasteiger partial charge in [-0.05, 0) is 63.9 Å². The van der Waals surface area contributed by atoms with Crippen molar-refractivity contribution < 1.29 is 28.4 Å². The van der Waals surface area contributed by atoms with Gasteiger partial charge in [-0.1, -0.05) is 98.1 Å². The summed E-state index contributed by atoms with van der Waals surface area (Å²) < 4.78 is 22.4. The molecule has 0 radical (unpaired) electrons. The van der Waals surface area contributed by atoms with E-state index < -0.39 is 13.9 Å². The maximum absolute atomic E-state index is 12.7. The quantitative estimate of drug-likeness (QED) is 0.152. The molecule has 1 aliphatic rings. The first-order chi connectivity index (χ1) is 18.0. The molecule has 1 rings (SSSR count). The van der Waals surface area contributed by atoms with Gasteiger partial charge in [0.05, 0.1) is 12.5 Å². The molecule has 3 unspecified atom stereocenters. The lowest BCUT2D eigenvalue weighted by Gasteiger charge is -2.19. The number of ether oxygens (including phenoxy) is 1. The van der Waals surface area contributed by atoms with Gasteiger partial charge in [0.2, 0.25) is 0 Å². The van der Waals surface area contributed by atoms with Gasteiger partial charge in [0, 0.05) is 6.42 Å². The standard InChI is InChI=1S/C31H45O6P/c1-6-17-25(2)22-23-29-20-16-15-19-27(4)30(37-38(33,34)35)21-14-12-10-8-7-9-11-13-18-26(3)28(5)24-31(32)36-29/h6-11,13,15-17,19,26,29-30H,1,5,12,14,18,20-24H2,2-4H3,(H2,33,34,35)/b9-7+,10-8-,13-11+,16-15+,25-17-,27-19+. The molecule has 6 nitrogen and oxygen atoms in total. The summed E-state index contributed by atoms with van der Waals surface area (Å²) in [6, 6.07) is 0. The first kappa shape index (κ1) is 33.5. The Kier molecular flexibility index (Phi) is 16.5. The molecule has 0 aromatic carbocycles. The molecule has 0 aliphatic carbocycles. The van der Waals surface area contributed by atoms with Crippen LogP contribution in [0.2, 0.25) is 0 Å². The zero-order valence-electron chi connectivity index (χ0n) is 23.1. The topological polar surface area (TPSA) is 93.1 Å². The summed E-state index contributed by atoms with van der Waals surface area (Å²) in [7, 11) is -4.63. The second kappa shape index (κ2) is 18.7. The highest BCUT2D eigenvalue weighted by molar-refractivity contribution is 7.46. The predicted octanol–water partition coefficient (Wildman–Crippen LogP) is 8.01. The van der Waals surface area contributed by atoms with Crippen LogP contribution in [0, 0.1) is 5.92 Å². The largest absolute Gasteiger partial charge is 0.470 e. The Morgan fingerprint density at radius 3 is 2.53 bits per heavy atom. The Bertz CT molecular complexity index is 992. The van der Waals surface area contributed by atoms with Gasteiger partial charge in [0.1, 0.15) is 6.10 Å². The van der Waals surface area contributed by atoms with Gasteiger partial charge in [-0.15, -0.1) is 0 Å². The highest BCUT2D eigenvalue weighted by Crippen LogP contribution is 2.40. The molecular formula is C31H45O6P. The van der Waals surface area contributed by atoms with Crippen molar-refractivity contribution in [1.29, 1.82) is 0 Å². The number of carbonyl (C=O) groups excluding carboxylic acids is 1. The minimum Gasteiger partial charge on any atom is -0.462 e. The molecule has 7 heteroatoms. The fraction of sp³-hybridized carbons (Fsp3) is 0.452. The summed E-state index contributed by atoms with van der Waals surface area (Å²) >= 11 is 0. The molecule has 3 atom stereocenters. The number of allylic oxidation sites excluding steroid dienone is 11. The number of phosphoric ester groups is 1. The SMILES string of the molecule is C=C/C=C(/C)CCC1C/C=C/C=C(\C)C(OP(=O)(O)O)CCC\C=C/C=C/C=C/CC(C)C(=C)CC(=O)O1. The lowest BCUT2D eigenvalue weighted by molar-refractivity contribution is -0.148. The lowest BCUT2D eigenvalue weighted by Crippen LogP contribution is -2.19. The summed E-state index contributed by atoms with van der Waals surface area (Å²) in [5.74, 6) is -0.128. The smallest absolute Gasteiger partial charge is 0.462 e. The minimum atomic E-state index is -4.63. The van der Waals surface area contributed by atoms with Crippen LogP contribution in [0.5, 0.6) is 0 Å². The summed E-state index contributed by atoms with van der Waals surface area (Å²) in [4.78, 5) is 31.4. The average Bonchev–Trinajstić information content (AvgIpc) is 2.83. The number of carbonyl (C=O) groups is 1. The number of phosphoric acid groups is 1. The van der Waals surface area contributed by atoms with E-state index in [0.29, 0.717) is 24.8 Å². The van der Waals surface area contributed by atoms with E-state index in [1.165, 1.54) is 0 Å². The first-order valence-electron chi connectivity index (χ1n) is 13.2. The molecule has 0 aromatic heterocycles. The van der Waals surface area contributed by atoms with Crippen LogP contribution in [0.4, 0.5) is 0 Å². The first-order valence-corrected chi connectivity index (χ1v) is 14.8. The number of hydrogen-bond acceptors (Lipinski definition) is 4. The van der Waals surface area contributed by atoms with E-state index >= 15 is 0 Å². The predicted molar refractivity (Wildman–Crippen MR) is 156 cm³/mol. The fourth-order valence-electron chi connectivity index (χ4n) is 3.82. The summed E-state index contributed by atoms with van der Waals surface area (Å²) in [5, 5.41) is 0. The fourth-order valence-corrected chi connectivity index (χ4v) is 4.43. The third kappa shape index (κ3) is 16.4. The van der Waals surface area contributed by atoms with Crippen molar-refractivity contribution in [2.75, 3.05) is 0 Å². The molecule has 38 heavy (non-hydrogen) atoms. The molecule has 1 heterocycles. The van der Waals surface area contributed by atoms with Gasteiger partial charge in [-0.25, -0.2) is 4.57 Å². The number of esters is 1. The summed E-state index contributed by atoms with van der Waals surface area (Å²) in [6.45, 7) is 13.7. The van der Waals surface area contributed by atoms with Crippen LogP contribution in [-0.4, -0.2) is 28.0 Å². The number of rotatable bonds is 6. The van der Waals surface area contributed by atoms with E-state index in [1.54, 1.807) is 19.1 Å². The van der Waals surface area contributed by atoms with Crippen LogP contribution in [-0.2, 0) is 18.6 Å². The second-order valence-corrected chi connectivity index (χ2v) is 10.9. The maximum Gasteiger partial charge on any atom is 0.470 e. The molecule has 210 valence electrons. The average molecular weight is 545 g/mol. The van der Waals surface area contributed by atoms with Crippen molar-refractivity contribution in [1.82, 2.24) is 0 Å². The molecule has 0 spiro atoms. The van der Waals surface area contributed by atoms with Gasteiger partial charge >= 0.3 is 13.8 Å². The van der Waals surface area contributed by atoms with Gasteiger partial charge < -0.3 is 14.5 Å². The van der Waals surface area contributed by atoms with E-state index in [2.05, 4.69) is 26.2 Å². The molecule has 0 aromatic rings. The van der Waals surface area contributed by atoms with Gasteiger partial charge in [0.15, 0.2) is 0 Å². The zero-order chi connectivity index (χ0) is 28.4. The molecule has 0 saturated heterocycles. The summed E-state index contributed by atoms with van der Waals surface area (Å²) in [6.07, 6.45) is 25.0. The highest BCUT2D eigenvalue weighted by atomic mass is 31.2. The normalized spacial score (nSPS) is 28.5. The molecule has 2 N–H and O–H groups in total. The van der Waals surface area contributed by atoms with Gasteiger partial charge in [-0.3, -0.25) is 9.32 Å². The van der Waals surface area contributed by atoms with Crippen LogP contribution < -0.4 is 0 Å². The lowest BCUT2D eigenvalue weighted by atomic mass is 9.96. The van der Waals surface area contributed by atoms with Crippen molar-refractivity contribution in [2.24, 2.45) is 5.92 Å². The maximum atomic E-state index is 12.7. The molecule has 0 fully saturated rings. The molecule has 1 aliphatic heterocycles.